The number of halogens is 3. The van der Waals surface area contributed by atoms with Crippen LogP contribution in [0.15, 0.2) is 12.2 Å². The molecule has 0 aliphatic heterocycles. The monoisotopic (exact) mass is 282 g/mol. The summed E-state index contributed by atoms with van der Waals surface area (Å²) in [6.45, 7) is 5.22. The molecule has 8 heteroatoms. The van der Waals surface area contributed by atoms with Gasteiger partial charge in [-0.15, -0.1) is 0 Å². The van der Waals surface area contributed by atoms with Crippen LogP contribution in [0.3, 0.4) is 0 Å². The van der Waals surface area contributed by atoms with E-state index in [1.54, 1.807) is 0 Å². The lowest BCUT2D eigenvalue weighted by Crippen LogP contribution is -2.41. The summed E-state index contributed by atoms with van der Waals surface area (Å²) in [5, 5.41) is 4.33. The zero-order valence-electron chi connectivity index (χ0n) is 10.8. The van der Waals surface area contributed by atoms with Crippen molar-refractivity contribution in [2.24, 2.45) is 5.92 Å². The Kier molecular flexibility index (Phi) is 6.95. The van der Waals surface area contributed by atoms with Crippen molar-refractivity contribution < 1.29 is 27.5 Å². The van der Waals surface area contributed by atoms with Gasteiger partial charge in [-0.1, -0.05) is 13.5 Å². The predicted octanol–water partition coefficient (Wildman–Crippen LogP) is 1.60. The number of hydrogen-bond acceptors (Lipinski definition) is 3. The number of amides is 2. The number of esters is 1. The first-order valence-electron chi connectivity index (χ1n) is 5.55. The van der Waals surface area contributed by atoms with Crippen LogP contribution in [0.1, 0.15) is 13.8 Å². The van der Waals surface area contributed by atoms with E-state index < -0.39 is 30.6 Å². The number of nitrogens with one attached hydrogen (secondary N) is 2. The van der Waals surface area contributed by atoms with Crippen molar-refractivity contribution in [2.45, 2.75) is 20.0 Å². The molecule has 0 rings (SSSR count). The largest absolute Gasteiger partial charge is 0.460 e. The first kappa shape index (κ1) is 17.3. The van der Waals surface area contributed by atoms with Gasteiger partial charge in [-0.25, -0.2) is 9.59 Å². The minimum atomic E-state index is -4.34. The number of urea groups is 1. The molecule has 0 aromatic rings. The van der Waals surface area contributed by atoms with E-state index in [4.69, 9.17) is 0 Å². The van der Waals surface area contributed by atoms with Crippen molar-refractivity contribution in [3.63, 3.8) is 0 Å². The average molecular weight is 282 g/mol. The lowest BCUT2D eigenvalue weighted by Gasteiger charge is -2.16. The van der Waals surface area contributed by atoms with Crippen LogP contribution in [0, 0.1) is 5.92 Å². The number of carbonyl (C=O) groups is 2. The number of alkyl halides is 3. The SMILES string of the molecule is C=C(C)C(=O)OCCNC(=O)NCC(C)C(F)(F)F. The maximum Gasteiger partial charge on any atom is 0.393 e. The molecular weight excluding hydrogens is 265 g/mol. The molecule has 0 heterocycles. The van der Waals surface area contributed by atoms with Crippen molar-refractivity contribution in [3.05, 3.63) is 12.2 Å². The van der Waals surface area contributed by atoms with E-state index in [0.29, 0.717) is 0 Å². The van der Waals surface area contributed by atoms with Crippen LogP contribution in [0.5, 0.6) is 0 Å². The standard InChI is InChI=1S/C11H17F3N2O3/c1-7(2)9(17)19-5-4-15-10(18)16-6-8(3)11(12,13)14/h8H,1,4-6H2,2-3H3,(H2,15,16,18). The molecule has 5 nitrogen and oxygen atoms in total. The Morgan fingerprint density at radius 2 is 1.89 bits per heavy atom. The smallest absolute Gasteiger partial charge is 0.393 e. The summed E-state index contributed by atoms with van der Waals surface area (Å²) in [7, 11) is 0. The molecule has 2 amide bonds. The van der Waals surface area contributed by atoms with Crippen molar-refractivity contribution in [1.29, 1.82) is 0 Å². The zero-order chi connectivity index (χ0) is 15.1. The fourth-order valence-corrected chi connectivity index (χ4v) is 0.856. The summed E-state index contributed by atoms with van der Waals surface area (Å²) in [6.07, 6.45) is -4.34. The van der Waals surface area contributed by atoms with Crippen LogP contribution in [0.25, 0.3) is 0 Å². The first-order chi connectivity index (χ1) is 8.64. The number of ether oxygens (including phenoxy) is 1. The zero-order valence-corrected chi connectivity index (χ0v) is 10.8. The highest BCUT2D eigenvalue weighted by Crippen LogP contribution is 2.24. The number of hydrogen-bond donors (Lipinski definition) is 2. The van der Waals surface area contributed by atoms with Gasteiger partial charge in [-0.2, -0.15) is 13.2 Å². The Morgan fingerprint density at radius 3 is 2.37 bits per heavy atom. The Hall–Kier alpha value is -1.73. The lowest BCUT2D eigenvalue weighted by molar-refractivity contribution is -0.167. The topological polar surface area (TPSA) is 67.4 Å². The molecule has 110 valence electrons. The quantitative estimate of drug-likeness (QED) is 0.442. The highest BCUT2D eigenvalue weighted by Gasteiger charge is 2.35. The highest BCUT2D eigenvalue weighted by molar-refractivity contribution is 5.86. The number of carbonyl (C=O) groups excluding carboxylic acids is 2. The Morgan fingerprint density at radius 1 is 1.32 bits per heavy atom. The summed E-state index contributed by atoms with van der Waals surface area (Å²) >= 11 is 0. The Bertz CT molecular complexity index is 343. The van der Waals surface area contributed by atoms with Gasteiger partial charge in [-0.05, 0) is 6.92 Å². The van der Waals surface area contributed by atoms with E-state index >= 15 is 0 Å². The predicted molar refractivity (Wildman–Crippen MR) is 62.4 cm³/mol. The van der Waals surface area contributed by atoms with Gasteiger partial charge in [-0.3, -0.25) is 0 Å². The third-order valence-electron chi connectivity index (χ3n) is 2.10. The Balaban J connectivity index is 3.72. The normalized spacial score (nSPS) is 12.5. The first-order valence-corrected chi connectivity index (χ1v) is 5.55. The molecule has 0 saturated carbocycles. The maximum absolute atomic E-state index is 12.1. The van der Waals surface area contributed by atoms with Gasteiger partial charge in [0.2, 0.25) is 0 Å². The second kappa shape index (κ2) is 7.65. The molecule has 0 spiro atoms. The lowest BCUT2D eigenvalue weighted by atomic mass is 10.2. The molecule has 0 bridgehead atoms. The minimum Gasteiger partial charge on any atom is -0.460 e. The highest BCUT2D eigenvalue weighted by atomic mass is 19.4. The van der Waals surface area contributed by atoms with E-state index in [0.717, 1.165) is 6.92 Å². The average Bonchev–Trinajstić information content (AvgIpc) is 2.29. The second-order valence-corrected chi connectivity index (χ2v) is 4.00. The van der Waals surface area contributed by atoms with Gasteiger partial charge in [0.05, 0.1) is 12.5 Å². The summed E-state index contributed by atoms with van der Waals surface area (Å²) in [5.74, 6) is -2.22. The molecule has 0 aromatic carbocycles. The molecule has 1 atom stereocenters. The van der Waals surface area contributed by atoms with Crippen molar-refractivity contribution in [1.82, 2.24) is 10.6 Å². The number of rotatable bonds is 6. The van der Waals surface area contributed by atoms with Crippen LogP contribution in [-0.4, -0.2) is 37.9 Å². The maximum atomic E-state index is 12.1. The van der Waals surface area contributed by atoms with Gasteiger partial charge in [0, 0.05) is 12.1 Å². The van der Waals surface area contributed by atoms with E-state index in [1.165, 1.54) is 6.92 Å². The fourth-order valence-electron chi connectivity index (χ4n) is 0.856. The summed E-state index contributed by atoms with van der Waals surface area (Å²) in [5.41, 5.74) is 0.225. The molecule has 0 aromatic heterocycles. The Labute approximate surface area is 109 Å². The summed E-state index contributed by atoms with van der Waals surface area (Å²) < 4.78 is 41.1. The van der Waals surface area contributed by atoms with E-state index in [9.17, 15) is 22.8 Å². The molecule has 0 saturated heterocycles. The van der Waals surface area contributed by atoms with Crippen LogP contribution < -0.4 is 10.6 Å². The van der Waals surface area contributed by atoms with Gasteiger partial charge >= 0.3 is 18.2 Å². The van der Waals surface area contributed by atoms with Crippen LogP contribution in [0.2, 0.25) is 0 Å². The molecule has 0 radical (unpaired) electrons. The fraction of sp³-hybridized carbons (Fsp3) is 0.636. The van der Waals surface area contributed by atoms with Crippen molar-refractivity contribution in [3.8, 4) is 0 Å². The van der Waals surface area contributed by atoms with E-state index in [2.05, 4.69) is 21.9 Å². The molecule has 1 unspecified atom stereocenters. The second-order valence-electron chi connectivity index (χ2n) is 4.00. The third-order valence-corrected chi connectivity index (χ3v) is 2.10. The van der Waals surface area contributed by atoms with Gasteiger partial charge in [0.15, 0.2) is 0 Å². The van der Waals surface area contributed by atoms with Crippen LogP contribution >= 0.6 is 0 Å². The summed E-state index contributed by atoms with van der Waals surface area (Å²) in [4.78, 5) is 22.0. The van der Waals surface area contributed by atoms with Gasteiger partial charge in [0.25, 0.3) is 0 Å². The van der Waals surface area contributed by atoms with Crippen molar-refractivity contribution >= 4 is 12.0 Å². The molecular formula is C11H17F3N2O3. The van der Waals surface area contributed by atoms with Crippen molar-refractivity contribution in [2.75, 3.05) is 19.7 Å². The molecule has 0 aliphatic carbocycles. The summed E-state index contributed by atoms with van der Waals surface area (Å²) in [6, 6.07) is -0.748. The molecule has 0 fully saturated rings. The van der Waals surface area contributed by atoms with E-state index in [-0.39, 0.29) is 18.7 Å². The molecule has 0 aliphatic rings. The molecule has 2 N–H and O–H groups in total. The van der Waals surface area contributed by atoms with Crippen LogP contribution in [-0.2, 0) is 9.53 Å². The molecule has 19 heavy (non-hydrogen) atoms. The van der Waals surface area contributed by atoms with Crippen LogP contribution in [0.4, 0.5) is 18.0 Å². The van der Waals surface area contributed by atoms with E-state index in [1.807, 2.05) is 0 Å². The van der Waals surface area contributed by atoms with Gasteiger partial charge < -0.3 is 15.4 Å². The van der Waals surface area contributed by atoms with Gasteiger partial charge in [0.1, 0.15) is 6.61 Å². The minimum absolute atomic E-state index is 0.00521. The third kappa shape index (κ3) is 8.06.